The van der Waals surface area contributed by atoms with Crippen molar-refractivity contribution >= 4 is 47.1 Å². The first-order valence-electron chi connectivity index (χ1n) is 10.7. The Morgan fingerprint density at radius 1 is 1.20 bits per heavy atom. The number of piperazine rings is 1. The number of anilines is 1. The SMILES string of the molecule is CCNC(=NCC(C)N1CCc2sccc2C1)N1CCN(c2ccccn2)CC1.I. The Morgan fingerprint density at radius 3 is 2.77 bits per heavy atom. The van der Waals surface area contributed by atoms with Crippen molar-refractivity contribution in [3.63, 3.8) is 0 Å². The lowest BCUT2D eigenvalue weighted by molar-refractivity contribution is 0.196. The molecule has 164 valence electrons. The van der Waals surface area contributed by atoms with Crippen LogP contribution in [-0.4, -0.2) is 72.6 Å². The number of guanidine groups is 1. The van der Waals surface area contributed by atoms with E-state index in [9.17, 15) is 0 Å². The highest BCUT2D eigenvalue weighted by atomic mass is 127. The van der Waals surface area contributed by atoms with Gasteiger partial charge in [0.1, 0.15) is 5.82 Å². The second-order valence-electron chi connectivity index (χ2n) is 7.80. The first kappa shape index (κ1) is 23.3. The maximum absolute atomic E-state index is 5.01. The van der Waals surface area contributed by atoms with Crippen molar-refractivity contribution in [1.82, 2.24) is 20.1 Å². The van der Waals surface area contributed by atoms with Crippen LogP contribution in [0.1, 0.15) is 24.3 Å². The highest BCUT2D eigenvalue weighted by molar-refractivity contribution is 14.0. The van der Waals surface area contributed by atoms with Crippen molar-refractivity contribution in [1.29, 1.82) is 0 Å². The predicted octanol–water partition coefficient (Wildman–Crippen LogP) is 3.30. The molecule has 30 heavy (non-hydrogen) atoms. The zero-order valence-electron chi connectivity index (χ0n) is 18.0. The van der Waals surface area contributed by atoms with Gasteiger partial charge in [-0.15, -0.1) is 35.3 Å². The van der Waals surface area contributed by atoms with Crippen LogP contribution < -0.4 is 10.2 Å². The van der Waals surface area contributed by atoms with Crippen LogP contribution in [0.15, 0.2) is 40.8 Å². The largest absolute Gasteiger partial charge is 0.357 e. The zero-order chi connectivity index (χ0) is 20.1. The van der Waals surface area contributed by atoms with Gasteiger partial charge in [-0.2, -0.15) is 0 Å². The lowest BCUT2D eigenvalue weighted by Gasteiger charge is -2.37. The van der Waals surface area contributed by atoms with Gasteiger partial charge in [0.15, 0.2) is 5.96 Å². The molecule has 0 saturated carbocycles. The summed E-state index contributed by atoms with van der Waals surface area (Å²) in [5.41, 5.74) is 1.51. The van der Waals surface area contributed by atoms with E-state index in [0.717, 1.165) is 64.1 Å². The van der Waals surface area contributed by atoms with E-state index in [-0.39, 0.29) is 24.0 Å². The lowest BCUT2D eigenvalue weighted by atomic mass is 10.1. The number of nitrogens with one attached hydrogen (secondary N) is 1. The Kier molecular flexibility index (Phi) is 8.76. The summed E-state index contributed by atoms with van der Waals surface area (Å²) in [7, 11) is 0. The smallest absolute Gasteiger partial charge is 0.194 e. The molecular formula is C22H33IN6S. The molecule has 0 amide bonds. The highest BCUT2D eigenvalue weighted by Gasteiger charge is 2.23. The molecule has 0 spiro atoms. The number of thiophene rings is 1. The molecule has 1 saturated heterocycles. The molecule has 0 radical (unpaired) electrons. The van der Waals surface area contributed by atoms with E-state index in [1.807, 2.05) is 23.6 Å². The molecule has 0 bridgehead atoms. The number of rotatable bonds is 5. The monoisotopic (exact) mass is 540 g/mol. The standard InChI is InChI=1S/C22H32N6S.HI/c1-3-23-22(27-13-11-26(12-14-27)21-6-4-5-9-24-21)25-16-18(2)28-10-7-20-19(17-28)8-15-29-20;/h4-6,8-9,15,18H,3,7,10-14,16-17H2,1-2H3,(H,23,25);1H. The summed E-state index contributed by atoms with van der Waals surface area (Å²) in [4.78, 5) is 18.4. The van der Waals surface area contributed by atoms with Gasteiger partial charge in [0.2, 0.25) is 0 Å². The Labute approximate surface area is 201 Å². The van der Waals surface area contributed by atoms with E-state index in [2.05, 4.69) is 62.4 Å². The number of pyridine rings is 1. The maximum Gasteiger partial charge on any atom is 0.194 e. The third-order valence-electron chi connectivity index (χ3n) is 5.85. The molecule has 4 heterocycles. The summed E-state index contributed by atoms with van der Waals surface area (Å²) in [5, 5.41) is 5.73. The van der Waals surface area contributed by atoms with Crippen LogP contribution in [0.3, 0.4) is 0 Å². The lowest BCUT2D eigenvalue weighted by Crippen LogP contribution is -2.53. The van der Waals surface area contributed by atoms with Gasteiger partial charge in [-0.1, -0.05) is 6.07 Å². The van der Waals surface area contributed by atoms with Crippen molar-refractivity contribution in [3.8, 4) is 0 Å². The Balaban J connectivity index is 0.00000256. The number of hydrogen-bond donors (Lipinski definition) is 1. The third-order valence-corrected chi connectivity index (χ3v) is 6.88. The molecule has 4 rings (SSSR count). The quantitative estimate of drug-likeness (QED) is 0.359. The molecule has 2 aromatic heterocycles. The van der Waals surface area contributed by atoms with Crippen LogP contribution in [0.4, 0.5) is 5.82 Å². The van der Waals surface area contributed by atoms with Gasteiger partial charge < -0.3 is 15.1 Å². The van der Waals surface area contributed by atoms with Crippen LogP contribution in [0.5, 0.6) is 0 Å². The van der Waals surface area contributed by atoms with E-state index in [4.69, 9.17) is 4.99 Å². The van der Waals surface area contributed by atoms with Crippen LogP contribution in [0.25, 0.3) is 0 Å². The van der Waals surface area contributed by atoms with Crippen molar-refractivity contribution in [3.05, 3.63) is 46.3 Å². The van der Waals surface area contributed by atoms with Crippen LogP contribution in [-0.2, 0) is 13.0 Å². The summed E-state index contributed by atoms with van der Waals surface area (Å²) in [6.45, 7) is 12.3. The topological polar surface area (TPSA) is 47.0 Å². The van der Waals surface area contributed by atoms with Crippen LogP contribution in [0, 0.1) is 0 Å². The van der Waals surface area contributed by atoms with Gasteiger partial charge in [0.05, 0.1) is 6.54 Å². The third kappa shape index (κ3) is 5.64. The molecule has 8 heteroatoms. The number of nitrogens with zero attached hydrogens (tertiary/aromatic N) is 5. The summed E-state index contributed by atoms with van der Waals surface area (Å²) in [6, 6.07) is 8.85. The van der Waals surface area contributed by atoms with Crippen molar-refractivity contribution in [2.45, 2.75) is 32.9 Å². The molecule has 2 aliphatic heterocycles. The molecule has 1 atom stereocenters. The second kappa shape index (κ2) is 11.3. The van der Waals surface area contributed by atoms with Gasteiger partial charge in [0, 0.05) is 62.9 Å². The highest BCUT2D eigenvalue weighted by Crippen LogP contribution is 2.25. The Morgan fingerprint density at radius 2 is 2.03 bits per heavy atom. The van der Waals surface area contributed by atoms with Gasteiger partial charge in [-0.25, -0.2) is 4.98 Å². The fourth-order valence-electron chi connectivity index (χ4n) is 4.09. The molecule has 0 aliphatic carbocycles. The average Bonchev–Trinajstić information content (AvgIpc) is 3.25. The molecule has 2 aliphatic rings. The van der Waals surface area contributed by atoms with Crippen LogP contribution in [0.2, 0.25) is 0 Å². The number of hydrogen-bond acceptors (Lipinski definition) is 5. The summed E-state index contributed by atoms with van der Waals surface area (Å²) in [5.74, 6) is 2.12. The number of fused-ring (bicyclic) bond motifs is 1. The molecule has 6 nitrogen and oxygen atoms in total. The Bertz CT molecular complexity index is 803. The molecule has 1 N–H and O–H groups in total. The van der Waals surface area contributed by atoms with Gasteiger partial charge in [0.25, 0.3) is 0 Å². The van der Waals surface area contributed by atoms with Gasteiger partial charge >= 0.3 is 0 Å². The Hall–Kier alpha value is -1.39. The zero-order valence-corrected chi connectivity index (χ0v) is 21.1. The first-order chi connectivity index (χ1) is 14.2. The minimum atomic E-state index is 0. The van der Waals surface area contributed by atoms with Crippen molar-refractivity contribution in [2.24, 2.45) is 4.99 Å². The van der Waals surface area contributed by atoms with E-state index >= 15 is 0 Å². The average molecular weight is 541 g/mol. The van der Waals surface area contributed by atoms with Gasteiger partial charge in [-0.05, 0) is 49.4 Å². The maximum atomic E-state index is 5.01. The molecule has 0 aromatic carbocycles. The van der Waals surface area contributed by atoms with Crippen molar-refractivity contribution < 1.29 is 0 Å². The van der Waals surface area contributed by atoms with E-state index in [0.29, 0.717) is 6.04 Å². The predicted molar refractivity (Wildman–Crippen MR) is 137 cm³/mol. The summed E-state index contributed by atoms with van der Waals surface area (Å²) < 4.78 is 0. The molecular weight excluding hydrogens is 507 g/mol. The van der Waals surface area contributed by atoms with Crippen molar-refractivity contribution in [2.75, 3.05) is 50.7 Å². The molecule has 1 unspecified atom stereocenters. The fraction of sp³-hybridized carbons (Fsp3) is 0.545. The van der Waals surface area contributed by atoms with E-state index in [1.165, 1.54) is 12.0 Å². The first-order valence-corrected chi connectivity index (χ1v) is 11.6. The fourth-order valence-corrected chi connectivity index (χ4v) is 4.98. The van der Waals surface area contributed by atoms with Crippen LogP contribution >= 0.6 is 35.3 Å². The number of aliphatic imine (C=N–C) groups is 1. The van der Waals surface area contributed by atoms with E-state index < -0.39 is 0 Å². The number of halogens is 1. The molecule has 1 fully saturated rings. The van der Waals surface area contributed by atoms with Gasteiger partial charge in [-0.3, -0.25) is 9.89 Å². The molecule has 2 aromatic rings. The number of aromatic nitrogens is 1. The second-order valence-corrected chi connectivity index (χ2v) is 8.80. The summed E-state index contributed by atoms with van der Waals surface area (Å²) in [6.07, 6.45) is 3.05. The minimum Gasteiger partial charge on any atom is -0.357 e. The van der Waals surface area contributed by atoms with E-state index in [1.54, 1.807) is 4.88 Å². The minimum absolute atomic E-state index is 0. The normalized spacial score (nSPS) is 18.5. The summed E-state index contributed by atoms with van der Waals surface area (Å²) >= 11 is 1.90.